The Labute approximate surface area is 145 Å². The molecule has 1 aliphatic heterocycles. The van der Waals surface area contributed by atoms with Crippen LogP contribution in [0.2, 0.25) is 0 Å². The molecule has 0 bridgehead atoms. The smallest absolute Gasteiger partial charge is 0.321 e. The summed E-state index contributed by atoms with van der Waals surface area (Å²) in [6.07, 6.45) is 5.01. The van der Waals surface area contributed by atoms with Crippen molar-refractivity contribution in [1.82, 2.24) is 15.0 Å². The molecule has 25 heavy (non-hydrogen) atoms. The molecule has 2 aliphatic rings. The molecule has 132 valence electrons. The van der Waals surface area contributed by atoms with Crippen molar-refractivity contribution < 1.29 is 13.7 Å². The van der Waals surface area contributed by atoms with Crippen LogP contribution in [0.4, 0.5) is 14.9 Å². The van der Waals surface area contributed by atoms with Crippen molar-refractivity contribution in [1.29, 1.82) is 0 Å². The Kier molecular flexibility index (Phi) is 4.38. The fourth-order valence-electron chi connectivity index (χ4n) is 3.26. The second-order valence-electron chi connectivity index (χ2n) is 6.92. The summed E-state index contributed by atoms with van der Waals surface area (Å²) < 4.78 is 18.3. The summed E-state index contributed by atoms with van der Waals surface area (Å²) >= 11 is 0. The van der Waals surface area contributed by atoms with Gasteiger partial charge in [0.1, 0.15) is 5.82 Å². The summed E-state index contributed by atoms with van der Waals surface area (Å²) in [6.45, 7) is 1.38. The third-order valence-corrected chi connectivity index (χ3v) is 4.79. The molecule has 1 aromatic carbocycles. The van der Waals surface area contributed by atoms with E-state index >= 15 is 0 Å². The number of carbonyl (C=O) groups excluding carboxylic acids is 1. The second kappa shape index (κ2) is 6.82. The van der Waals surface area contributed by atoms with E-state index in [4.69, 9.17) is 4.52 Å². The van der Waals surface area contributed by atoms with Gasteiger partial charge in [0.05, 0.1) is 0 Å². The minimum atomic E-state index is -0.318. The van der Waals surface area contributed by atoms with Crippen LogP contribution in [0.5, 0.6) is 0 Å². The monoisotopic (exact) mass is 344 g/mol. The number of carbonyl (C=O) groups is 1. The number of amides is 2. The van der Waals surface area contributed by atoms with Crippen LogP contribution in [0.1, 0.15) is 43.3 Å². The van der Waals surface area contributed by atoms with Crippen LogP contribution >= 0.6 is 0 Å². The maximum Gasteiger partial charge on any atom is 0.321 e. The normalized spacial score (nSPS) is 20.5. The summed E-state index contributed by atoms with van der Waals surface area (Å²) in [4.78, 5) is 18.7. The van der Waals surface area contributed by atoms with Crippen molar-refractivity contribution in [2.24, 2.45) is 5.92 Å². The largest absolute Gasteiger partial charge is 0.339 e. The zero-order valence-electron chi connectivity index (χ0n) is 13.9. The Morgan fingerprint density at radius 3 is 2.84 bits per heavy atom. The van der Waals surface area contributed by atoms with E-state index < -0.39 is 0 Å². The number of benzene rings is 1. The standard InChI is InChI=1S/C18H21FN4O2/c19-14-5-7-15(8-6-14)20-18(24)23-9-1-2-12(11-23)10-16-21-17(22-25-16)13-3-4-13/h5-8,12-13H,1-4,9-11H2,(H,20,24). The summed E-state index contributed by atoms with van der Waals surface area (Å²) in [5.41, 5.74) is 0.597. The highest BCUT2D eigenvalue weighted by Crippen LogP contribution is 2.38. The Morgan fingerprint density at radius 1 is 1.28 bits per heavy atom. The van der Waals surface area contributed by atoms with E-state index in [0.29, 0.717) is 36.4 Å². The summed E-state index contributed by atoms with van der Waals surface area (Å²) in [5.74, 6) is 1.99. The molecule has 1 unspecified atom stereocenters. The third kappa shape index (κ3) is 3.97. The van der Waals surface area contributed by atoms with Crippen LogP contribution in [-0.2, 0) is 6.42 Å². The van der Waals surface area contributed by atoms with Gasteiger partial charge < -0.3 is 14.7 Å². The van der Waals surface area contributed by atoms with Crippen LogP contribution in [0.15, 0.2) is 28.8 Å². The highest BCUT2D eigenvalue weighted by atomic mass is 19.1. The first-order valence-corrected chi connectivity index (χ1v) is 8.81. The van der Waals surface area contributed by atoms with Gasteiger partial charge in [0.2, 0.25) is 5.89 Å². The quantitative estimate of drug-likeness (QED) is 0.920. The van der Waals surface area contributed by atoms with E-state index in [1.54, 1.807) is 17.0 Å². The maximum atomic E-state index is 12.9. The minimum absolute atomic E-state index is 0.152. The molecule has 1 aromatic heterocycles. The van der Waals surface area contributed by atoms with E-state index in [1.165, 1.54) is 12.1 Å². The average Bonchev–Trinajstić information content (AvgIpc) is 3.37. The van der Waals surface area contributed by atoms with Gasteiger partial charge in [0.25, 0.3) is 0 Å². The molecule has 2 fully saturated rings. The molecule has 4 rings (SSSR count). The molecule has 2 heterocycles. The fourth-order valence-corrected chi connectivity index (χ4v) is 3.26. The Hall–Kier alpha value is -2.44. The van der Waals surface area contributed by atoms with Gasteiger partial charge in [0.15, 0.2) is 5.82 Å². The molecule has 1 N–H and O–H groups in total. The van der Waals surface area contributed by atoms with E-state index in [-0.39, 0.29) is 11.8 Å². The highest BCUT2D eigenvalue weighted by molar-refractivity contribution is 5.89. The lowest BCUT2D eigenvalue weighted by atomic mass is 9.95. The van der Waals surface area contributed by atoms with Crippen molar-refractivity contribution in [3.8, 4) is 0 Å². The van der Waals surface area contributed by atoms with Gasteiger partial charge >= 0.3 is 6.03 Å². The summed E-state index contributed by atoms with van der Waals surface area (Å²) in [7, 11) is 0. The van der Waals surface area contributed by atoms with Crippen LogP contribution in [-0.4, -0.2) is 34.2 Å². The lowest BCUT2D eigenvalue weighted by Gasteiger charge is -2.32. The number of hydrogen-bond acceptors (Lipinski definition) is 4. The van der Waals surface area contributed by atoms with Crippen molar-refractivity contribution in [2.75, 3.05) is 18.4 Å². The Balaban J connectivity index is 1.33. The number of urea groups is 1. The van der Waals surface area contributed by atoms with Gasteiger partial charge in [-0.3, -0.25) is 0 Å². The topological polar surface area (TPSA) is 71.3 Å². The molecule has 2 aromatic rings. The van der Waals surface area contributed by atoms with Gasteiger partial charge in [-0.05, 0) is 55.9 Å². The molecule has 1 saturated carbocycles. The van der Waals surface area contributed by atoms with Crippen molar-refractivity contribution >= 4 is 11.7 Å². The van der Waals surface area contributed by atoms with E-state index in [0.717, 1.165) is 38.1 Å². The lowest BCUT2D eigenvalue weighted by Crippen LogP contribution is -2.42. The SMILES string of the molecule is O=C(Nc1ccc(F)cc1)N1CCCC(Cc2nc(C3CC3)no2)C1. The Morgan fingerprint density at radius 2 is 2.08 bits per heavy atom. The molecule has 6 nitrogen and oxygen atoms in total. The molecular weight excluding hydrogens is 323 g/mol. The zero-order chi connectivity index (χ0) is 17.2. The molecule has 1 atom stereocenters. The second-order valence-corrected chi connectivity index (χ2v) is 6.92. The molecule has 1 saturated heterocycles. The number of nitrogens with one attached hydrogen (secondary N) is 1. The van der Waals surface area contributed by atoms with Crippen LogP contribution in [0, 0.1) is 11.7 Å². The molecule has 1 aliphatic carbocycles. The van der Waals surface area contributed by atoms with Crippen LogP contribution in [0.25, 0.3) is 0 Å². The number of likely N-dealkylation sites (tertiary alicyclic amines) is 1. The minimum Gasteiger partial charge on any atom is -0.339 e. The molecule has 2 amide bonds. The summed E-state index contributed by atoms with van der Waals surface area (Å²) in [6, 6.07) is 5.64. The van der Waals surface area contributed by atoms with E-state index in [9.17, 15) is 9.18 Å². The Bertz CT molecular complexity index is 742. The molecular formula is C18H21FN4O2. The lowest BCUT2D eigenvalue weighted by molar-refractivity contribution is 0.173. The van der Waals surface area contributed by atoms with Crippen molar-refractivity contribution in [3.05, 3.63) is 41.8 Å². The zero-order valence-corrected chi connectivity index (χ0v) is 13.9. The predicted molar refractivity (Wildman–Crippen MR) is 89.7 cm³/mol. The first-order chi connectivity index (χ1) is 12.2. The predicted octanol–water partition coefficient (Wildman–Crippen LogP) is 3.57. The van der Waals surface area contributed by atoms with Gasteiger partial charge in [-0.2, -0.15) is 4.98 Å². The first kappa shape index (κ1) is 16.1. The highest BCUT2D eigenvalue weighted by Gasteiger charge is 2.30. The van der Waals surface area contributed by atoms with Crippen molar-refractivity contribution in [3.63, 3.8) is 0 Å². The van der Waals surface area contributed by atoms with Gasteiger partial charge in [-0.1, -0.05) is 5.16 Å². The van der Waals surface area contributed by atoms with E-state index in [2.05, 4.69) is 15.5 Å². The number of anilines is 1. The van der Waals surface area contributed by atoms with Gasteiger partial charge in [-0.25, -0.2) is 9.18 Å². The molecule has 0 radical (unpaired) electrons. The molecule has 7 heteroatoms. The summed E-state index contributed by atoms with van der Waals surface area (Å²) in [5, 5.41) is 6.87. The van der Waals surface area contributed by atoms with Gasteiger partial charge in [0, 0.05) is 31.1 Å². The van der Waals surface area contributed by atoms with Crippen molar-refractivity contribution in [2.45, 2.75) is 38.0 Å². The van der Waals surface area contributed by atoms with E-state index in [1.807, 2.05) is 0 Å². The average molecular weight is 344 g/mol. The number of aromatic nitrogens is 2. The molecule has 0 spiro atoms. The number of hydrogen-bond donors (Lipinski definition) is 1. The number of rotatable bonds is 4. The van der Waals surface area contributed by atoms with Crippen LogP contribution < -0.4 is 5.32 Å². The van der Waals surface area contributed by atoms with Gasteiger partial charge in [-0.15, -0.1) is 0 Å². The number of halogens is 1. The number of nitrogens with zero attached hydrogens (tertiary/aromatic N) is 3. The fraction of sp³-hybridized carbons (Fsp3) is 0.500. The first-order valence-electron chi connectivity index (χ1n) is 8.81. The third-order valence-electron chi connectivity index (χ3n) is 4.79. The maximum absolute atomic E-state index is 12.9. The number of piperidine rings is 1. The van der Waals surface area contributed by atoms with Crippen LogP contribution in [0.3, 0.4) is 0 Å².